The van der Waals surface area contributed by atoms with Gasteiger partial charge in [0.15, 0.2) is 0 Å². The zero-order valence-corrected chi connectivity index (χ0v) is 15.1. The Hall–Kier alpha value is -2.94. The van der Waals surface area contributed by atoms with Crippen molar-refractivity contribution in [1.29, 1.82) is 0 Å². The fourth-order valence-electron chi connectivity index (χ4n) is 2.42. The molecule has 3 heterocycles. The number of aromatic nitrogens is 2. The largest absolute Gasteiger partial charge is 0.478 e. The first-order valence-electron chi connectivity index (χ1n) is 7.85. The summed E-state index contributed by atoms with van der Waals surface area (Å²) in [4.78, 5) is 24.8. The summed E-state index contributed by atoms with van der Waals surface area (Å²) < 4.78 is 10.9. The highest BCUT2D eigenvalue weighted by Crippen LogP contribution is 2.21. The third-order valence-corrected chi connectivity index (χ3v) is 4.49. The Morgan fingerprint density at radius 2 is 2.12 bits per heavy atom. The van der Waals surface area contributed by atoms with Gasteiger partial charge in [-0.15, -0.1) is 10.2 Å². The zero-order valence-electron chi connectivity index (χ0n) is 14.3. The number of carboxylic acid groups (broad SMARTS) is 1. The molecule has 0 spiro atoms. The Morgan fingerprint density at radius 1 is 1.31 bits per heavy atom. The van der Waals surface area contributed by atoms with Crippen LogP contribution in [0.25, 0.3) is 11.5 Å². The number of aryl methyl sites for hydroxylation is 2. The van der Waals surface area contributed by atoms with E-state index in [1.807, 2.05) is 16.8 Å². The maximum Gasteiger partial charge on any atom is 0.339 e. The molecule has 0 bridgehead atoms. The van der Waals surface area contributed by atoms with Crippen LogP contribution in [-0.2, 0) is 17.8 Å². The van der Waals surface area contributed by atoms with Gasteiger partial charge in [0, 0.05) is 30.8 Å². The number of nitrogens with zero attached hydrogens (tertiary/aromatic N) is 3. The highest BCUT2D eigenvalue weighted by Gasteiger charge is 2.18. The summed E-state index contributed by atoms with van der Waals surface area (Å²) >= 11 is 1.54. The van der Waals surface area contributed by atoms with E-state index < -0.39 is 5.97 Å². The van der Waals surface area contributed by atoms with Crippen LogP contribution in [0.5, 0.6) is 0 Å². The number of amides is 1. The standard InChI is InChI=1S/C17H17N3O5S/c1-10-13(17(22)23)7-12(24-10)8-20(2)15(21)4-3-14-18-19-16(25-14)11-5-6-26-9-11/h5-7,9H,3-4,8H2,1-2H3,(H,22,23). The molecule has 3 aromatic rings. The molecule has 0 aliphatic rings. The predicted octanol–water partition coefficient (Wildman–Crippen LogP) is 2.99. The van der Waals surface area contributed by atoms with Crippen molar-refractivity contribution in [2.75, 3.05) is 7.05 Å². The molecule has 3 rings (SSSR count). The van der Waals surface area contributed by atoms with Crippen molar-refractivity contribution >= 4 is 23.2 Å². The van der Waals surface area contributed by atoms with Crippen LogP contribution >= 0.6 is 11.3 Å². The number of hydrogen-bond acceptors (Lipinski definition) is 7. The molecule has 0 aliphatic carbocycles. The number of aromatic carboxylic acids is 1. The fraction of sp³-hybridized carbons (Fsp3) is 0.294. The molecule has 1 N–H and O–H groups in total. The van der Waals surface area contributed by atoms with Crippen LogP contribution in [0.15, 0.2) is 31.7 Å². The monoisotopic (exact) mass is 375 g/mol. The van der Waals surface area contributed by atoms with E-state index >= 15 is 0 Å². The molecule has 0 atom stereocenters. The number of carbonyl (C=O) groups excluding carboxylic acids is 1. The number of hydrogen-bond donors (Lipinski definition) is 1. The Morgan fingerprint density at radius 3 is 2.77 bits per heavy atom. The summed E-state index contributed by atoms with van der Waals surface area (Å²) in [5, 5.41) is 20.8. The Balaban J connectivity index is 1.54. The normalized spacial score (nSPS) is 10.8. The minimum atomic E-state index is -1.05. The average Bonchev–Trinajstić information content (AvgIpc) is 3.32. The third kappa shape index (κ3) is 3.99. The first-order valence-corrected chi connectivity index (χ1v) is 8.80. The Bertz CT molecular complexity index is 913. The van der Waals surface area contributed by atoms with E-state index in [0.29, 0.717) is 29.7 Å². The second kappa shape index (κ2) is 7.52. The maximum absolute atomic E-state index is 12.3. The molecule has 0 unspecified atom stereocenters. The minimum absolute atomic E-state index is 0.104. The second-order valence-electron chi connectivity index (χ2n) is 5.75. The minimum Gasteiger partial charge on any atom is -0.478 e. The highest BCUT2D eigenvalue weighted by molar-refractivity contribution is 7.08. The van der Waals surface area contributed by atoms with Crippen LogP contribution in [0.3, 0.4) is 0 Å². The lowest BCUT2D eigenvalue weighted by molar-refractivity contribution is -0.130. The molecule has 0 aliphatic heterocycles. The zero-order chi connectivity index (χ0) is 18.7. The van der Waals surface area contributed by atoms with Crippen LogP contribution in [0.2, 0.25) is 0 Å². The van der Waals surface area contributed by atoms with E-state index in [2.05, 4.69) is 10.2 Å². The van der Waals surface area contributed by atoms with E-state index in [1.54, 1.807) is 14.0 Å². The number of furan rings is 1. The van der Waals surface area contributed by atoms with Gasteiger partial charge in [0.1, 0.15) is 17.1 Å². The lowest BCUT2D eigenvalue weighted by Crippen LogP contribution is -2.26. The third-order valence-electron chi connectivity index (χ3n) is 3.81. The molecule has 0 saturated carbocycles. The van der Waals surface area contributed by atoms with E-state index in [0.717, 1.165) is 5.56 Å². The SMILES string of the molecule is Cc1oc(CN(C)C(=O)CCc2nnc(-c3ccsc3)o2)cc1C(=O)O. The van der Waals surface area contributed by atoms with Gasteiger partial charge in [0.25, 0.3) is 0 Å². The van der Waals surface area contributed by atoms with Crippen LogP contribution in [0.1, 0.15) is 34.2 Å². The van der Waals surface area contributed by atoms with Gasteiger partial charge in [-0.2, -0.15) is 11.3 Å². The van der Waals surface area contributed by atoms with E-state index in [-0.39, 0.29) is 24.4 Å². The van der Waals surface area contributed by atoms with Crippen LogP contribution in [0.4, 0.5) is 0 Å². The van der Waals surface area contributed by atoms with Crippen LogP contribution in [-0.4, -0.2) is 39.1 Å². The van der Waals surface area contributed by atoms with Crippen molar-refractivity contribution in [1.82, 2.24) is 15.1 Å². The summed E-state index contributed by atoms with van der Waals surface area (Å²) in [6.07, 6.45) is 0.533. The van der Waals surface area contributed by atoms with Crippen molar-refractivity contribution in [3.05, 3.63) is 45.9 Å². The second-order valence-corrected chi connectivity index (χ2v) is 6.53. The first kappa shape index (κ1) is 17.9. The molecule has 3 aromatic heterocycles. The lowest BCUT2D eigenvalue weighted by Gasteiger charge is -2.15. The van der Waals surface area contributed by atoms with Gasteiger partial charge >= 0.3 is 5.97 Å². The van der Waals surface area contributed by atoms with Gasteiger partial charge in [-0.3, -0.25) is 4.79 Å². The van der Waals surface area contributed by atoms with Gasteiger partial charge in [-0.1, -0.05) is 0 Å². The number of carboxylic acids is 1. The molecular formula is C17H17N3O5S. The molecule has 1 amide bonds. The van der Waals surface area contributed by atoms with Crippen molar-refractivity contribution in [3.63, 3.8) is 0 Å². The number of thiophene rings is 1. The predicted molar refractivity (Wildman–Crippen MR) is 92.8 cm³/mol. The van der Waals surface area contributed by atoms with Gasteiger partial charge in [-0.05, 0) is 24.4 Å². The van der Waals surface area contributed by atoms with E-state index in [1.165, 1.54) is 22.3 Å². The summed E-state index contributed by atoms with van der Waals surface area (Å²) in [5.74, 6) is 0.397. The molecule has 8 nitrogen and oxygen atoms in total. The summed E-state index contributed by atoms with van der Waals surface area (Å²) in [6.45, 7) is 1.77. The highest BCUT2D eigenvalue weighted by atomic mass is 32.1. The summed E-state index contributed by atoms with van der Waals surface area (Å²) in [7, 11) is 1.63. The van der Waals surface area contributed by atoms with Gasteiger partial charge in [0.05, 0.1) is 6.54 Å². The van der Waals surface area contributed by atoms with E-state index in [9.17, 15) is 9.59 Å². The molecule has 0 aromatic carbocycles. The van der Waals surface area contributed by atoms with E-state index in [4.69, 9.17) is 13.9 Å². The first-order chi connectivity index (χ1) is 12.4. The maximum atomic E-state index is 12.3. The molecule has 9 heteroatoms. The average molecular weight is 375 g/mol. The molecule has 0 fully saturated rings. The van der Waals surface area contributed by atoms with Crippen molar-refractivity contribution in [2.24, 2.45) is 0 Å². The number of rotatable bonds is 7. The Labute approximate surface area is 153 Å². The Kier molecular flexibility index (Phi) is 5.17. The smallest absolute Gasteiger partial charge is 0.339 e. The van der Waals surface area contributed by atoms with Crippen molar-refractivity contribution < 1.29 is 23.5 Å². The van der Waals surface area contributed by atoms with Gasteiger partial charge in [-0.25, -0.2) is 4.79 Å². The van der Waals surface area contributed by atoms with Gasteiger partial charge < -0.3 is 18.8 Å². The molecule has 136 valence electrons. The quantitative estimate of drug-likeness (QED) is 0.676. The fourth-order valence-corrected chi connectivity index (χ4v) is 3.05. The number of carbonyl (C=O) groups is 2. The molecule has 26 heavy (non-hydrogen) atoms. The lowest BCUT2D eigenvalue weighted by atomic mass is 10.2. The van der Waals surface area contributed by atoms with Crippen molar-refractivity contribution in [3.8, 4) is 11.5 Å². The van der Waals surface area contributed by atoms with Crippen LogP contribution in [0, 0.1) is 6.92 Å². The summed E-state index contributed by atoms with van der Waals surface area (Å²) in [5.41, 5.74) is 0.965. The topological polar surface area (TPSA) is 110 Å². The molecular weight excluding hydrogens is 358 g/mol. The van der Waals surface area contributed by atoms with Crippen LogP contribution < -0.4 is 0 Å². The molecule has 0 saturated heterocycles. The van der Waals surface area contributed by atoms with Crippen molar-refractivity contribution in [2.45, 2.75) is 26.3 Å². The molecule has 0 radical (unpaired) electrons. The summed E-state index contributed by atoms with van der Waals surface area (Å²) in [6, 6.07) is 3.32. The van der Waals surface area contributed by atoms with Gasteiger partial charge in [0.2, 0.25) is 17.7 Å².